The highest BCUT2D eigenvalue weighted by Gasteiger charge is 2.35. The van der Waals surface area contributed by atoms with Crippen molar-refractivity contribution in [2.75, 3.05) is 9.80 Å². The molecular formula is C51H38N2O. The second kappa shape index (κ2) is 12.7. The molecule has 54 heavy (non-hydrogen) atoms. The molecule has 0 unspecified atom stereocenters. The van der Waals surface area contributed by atoms with Gasteiger partial charge in [0, 0.05) is 44.6 Å². The fraction of sp³-hybridized carbons (Fsp3) is 0.0588. The summed E-state index contributed by atoms with van der Waals surface area (Å²) < 4.78 is 6.50. The van der Waals surface area contributed by atoms with E-state index in [9.17, 15) is 0 Å². The minimum atomic E-state index is -0.0296. The Hall–Kier alpha value is -6.84. The molecule has 1 aliphatic rings. The van der Waals surface area contributed by atoms with Crippen molar-refractivity contribution in [3.63, 3.8) is 0 Å². The normalized spacial score (nSPS) is 12.8. The number of para-hydroxylation sites is 4. The van der Waals surface area contributed by atoms with Crippen LogP contribution in [0.15, 0.2) is 199 Å². The summed E-state index contributed by atoms with van der Waals surface area (Å²) >= 11 is 0. The van der Waals surface area contributed by atoms with Gasteiger partial charge in [-0.3, -0.25) is 0 Å². The highest BCUT2D eigenvalue weighted by Crippen LogP contribution is 2.50. The van der Waals surface area contributed by atoms with Gasteiger partial charge in [-0.1, -0.05) is 135 Å². The summed E-state index contributed by atoms with van der Waals surface area (Å²) in [6, 6.07) is 69.4. The molecule has 9 aromatic rings. The van der Waals surface area contributed by atoms with Gasteiger partial charge >= 0.3 is 0 Å². The van der Waals surface area contributed by atoms with Crippen LogP contribution < -0.4 is 9.80 Å². The fourth-order valence-electron chi connectivity index (χ4n) is 8.39. The van der Waals surface area contributed by atoms with Crippen LogP contribution in [0.1, 0.15) is 25.0 Å². The van der Waals surface area contributed by atoms with Crippen molar-refractivity contribution in [3.05, 3.63) is 205 Å². The molecule has 0 amide bonds. The van der Waals surface area contributed by atoms with E-state index < -0.39 is 0 Å². The second-order valence-corrected chi connectivity index (χ2v) is 14.6. The Bertz CT molecular complexity index is 2780. The molecule has 0 fully saturated rings. The van der Waals surface area contributed by atoms with Crippen molar-refractivity contribution in [1.82, 2.24) is 0 Å². The number of hydrogen-bond acceptors (Lipinski definition) is 3. The average Bonchev–Trinajstić information content (AvgIpc) is 3.72. The van der Waals surface area contributed by atoms with Gasteiger partial charge in [-0.2, -0.15) is 0 Å². The van der Waals surface area contributed by atoms with E-state index in [1.807, 2.05) is 12.1 Å². The van der Waals surface area contributed by atoms with Crippen LogP contribution >= 0.6 is 0 Å². The third-order valence-corrected chi connectivity index (χ3v) is 11.1. The molecule has 1 heterocycles. The summed E-state index contributed by atoms with van der Waals surface area (Å²) in [4.78, 5) is 4.64. The molecule has 0 N–H and O–H groups in total. The fourth-order valence-corrected chi connectivity index (χ4v) is 8.39. The van der Waals surface area contributed by atoms with E-state index in [-0.39, 0.29) is 5.41 Å². The van der Waals surface area contributed by atoms with Gasteiger partial charge < -0.3 is 14.2 Å². The van der Waals surface area contributed by atoms with Crippen LogP contribution in [0.3, 0.4) is 0 Å². The largest absolute Gasteiger partial charge is 0.454 e. The molecule has 0 bridgehead atoms. The molecule has 1 aliphatic carbocycles. The second-order valence-electron chi connectivity index (χ2n) is 14.6. The Kier molecular flexibility index (Phi) is 7.48. The predicted octanol–water partition coefficient (Wildman–Crippen LogP) is 14.5. The Balaban J connectivity index is 1.01. The first-order chi connectivity index (χ1) is 26.5. The Morgan fingerprint density at radius 3 is 1.61 bits per heavy atom. The highest BCUT2D eigenvalue weighted by atomic mass is 16.3. The van der Waals surface area contributed by atoms with Gasteiger partial charge in [-0.15, -0.1) is 0 Å². The minimum absolute atomic E-state index is 0.0296. The lowest BCUT2D eigenvalue weighted by Gasteiger charge is -2.27. The van der Waals surface area contributed by atoms with E-state index in [0.717, 1.165) is 67.2 Å². The molecule has 1 aromatic heterocycles. The summed E-state index contributed by atoms with van der Waals surface area (Å²) in [6.07, 6.45) is 0. The first-order valence-electron chi connectivity index (χ1n) is 18.6. The van der Waals surface area contributed by atoms with Crippen molar-refractivity contribution in [3.8, 4) is 22.3 Å². The molecule has 3 heteroatoms. The third-order valence-electron chi connectivity index (χ3n) is 11.1. The lowest BCUT2D eigenvalue weighted by molar-refractivity contribution is 0.660. The van der Waals surface area contributed by atoms with Gasteiger partial charge in [0.25, 0.3) is 0 Å². The van der Waals surface area contributed by atoms with Crippen molar-refractivity contribution in [1.29, 1.82) is 0 Å². The van der Waals surface area contributed by atoms with Gasteiger partial charge in [-0.05, 0) is 106 Å². The SMILES string of the molecule is CC1(C)c2ccccc2-c2cc(N(c3ccccc3)c3ccc(-c4ccc(N(c5ccccc5)c5cccc6c5oc5ccccc56)cc4)cc3)ccc21. The third kappa shape index (κ3) is 5.20. The summed E-state index contributed by atoms with van der Waals surface area (Å²) in [5.41, 5.74) is 16.0. The Labute approximate surface area is 316 Å². The zero-order chi connectivity index (χ0) is 36.2. The Morgan fingerprint density at radius 1 is 0.389 bits per heavy atom. The standard InChI is InChI=1S/C51H38N2O/c1-51(2)46-21-11-9-18-42(46)45-34-41(32-33-47(45)51)52(37-14-5-3-6-15-37)39-28-24-35(25-29-39)36-26-30-40(31-27-36)53(38-16-7-4-8-17-38)48-22-13-20-44-43-19-10-12-23-49(43)54-50(44)48/h3-34H,1-2H3. The van der Waals surface area contributed by atoms with Crippen LogP contribution in [0, 0.1) is 0 Å². The maximum Gasteiger partial charge on any atom is 0.159 e. The molecular weight excluding hydrogens is 657 g/mol. The molecule has 0 saturated heterocycles. The lowest BCUT2D eigenvalue weighted by Crippen LogP contribution is -2.15. The molecule has 0 spiro atoms. The average molecular weight is 695 g/mol. The first kappa shape index (κ1) is 31.9. The van der Waals surface area contributed by atoms with Crippen LogP contribution in [0.25, 0.3) is 44.2 Å². The maximum absolute atomic E-state index is 6.50. The zero-order valence-electron chi connectivity index (χ0n) is 30.3. The van der Waals surface area contributed by atoms with Gasteiger partial charge in [0.2, 0.25) is 0 Å². The molecule has 0 atom stereocenters. The molecule has 8 aromatic carbocycles. The van der Waals surface area contributed by atoms with E-state index >= 15 is 0 Å². The van der Waals surface area contributed by atoms with E-state index in [1.165, 1.54) is 22.3 Å². The zero-order valence-corrected chi connectivity index (χ0v) is 30.3. The summed E-state index contributed by atoms with van der Waals surface area (Å²) in [5.74, 6) is 0. The van der Waals surface area contributed by atoms with E-state index in [0.29, 0.717) is 0 Å². The molecule has 0 radical (unpaired) electrons. The summed E-state index contributed by atoms with van der Waals surface area (Å²) in [5, 5.41) is 2.23. The monoisotopic (exact) mass is 694 g/mol. The molecule has 0 saturated carbocycles. The van der Waals surface area contributed by atoms with Crippen molar-refractivity contribution >= 4 is 56.1 Å². The van der Waals surface area contributed by atoms with Crippen LogP contribution in [0.5, 0.6) is 0 Å². The number of fused-ring (bicyclic) bond motifs is 6. The minimum Gasteiger partial charge on any atom is -0.454 e. The van der Waals surface area contributed by atoms with E-state index in [4.69, 9.17) is 4.42 Å². The summed E-state index contributed by atoms with van der Waals surface area (Å²) in [7, 11) is 0. The summed E-state index contributed by atoms with van der Waals surface area (Å²) in [6.45, 7) is 4.66. The van der Waals surface area contributed by atoms with Gasteiger partial charge in [-0.25, -0.2) is 0 Å². The number of anilines is 6. The van der Waals surface area contributed by atoms with Crippen molar-refractivity contribution in [2.45, 2.75) is 19.3 Å². The Morgan fingerprint density at radius 2 is 0.907 bits per heavy atom. The molecule has 258 valence electrons. The number of rotatable bonds is 7. The van der Waals surface area contributed by atoms with E-state index in [2.05, 4.69) is 206 Å². The van der Waals surface area contributed by atoms with E-state index in [1.54, 1.807) is 0 Å². The number of furan rings is 1. The number of benzene rings is 8. The predicted molar refractivity (Wildman–Crippen MR) is 226 cm³/mol. The lowest BCUT2D eigenvalue weighted by atomic mass is 9.82. The van der Waals surface area contributed by atoms with Crippen LogP contribution in [-0.4, -0.2) is 0 Å². The molecule has 10 rings (SSSR count). The topological polar surface area (TPSA) is 19.6 Å². The first-order valence-corrected chi connectivity index (χ1v) is 18.6. The van der Waals surface area contributed by atoms with Crippen molar-refractivity contribution in [2.24, 2.45) is 0 Å². The quantitative estimate of drug-likeness (QED) is 0.166. The van der Waals surface area contributed by atoms with Gasteiger partial charge in [0.15, 0.2) is 5.58 Å². The van der Waals surface area contributed by atoms with Gasteiger partial charge in [0.05, 0.1) is 5.69 Å². The maximum atomic E-state index is 6.50. The highest BCUT2D eigenvalue weighted by molar-refractivity contribution is 6.10. The van der Waals surface area contributed by atoms with Crippen LogP contribution in [-0.2, 0) is 5.41 Å². The van der Waals surface area contributed by atoms with Crippen LogP contribution in [0.4, 0.5) is 34.1 Å². The number of nitrogens with zero attached hydrogens (tertiary/aromatic N) is 2. The number of hydrogen-bond donors (Lipinski definition) is 0. The van der Waals surface area contributed by atoms with Crippen LogP contribution in [0.2, 0.25) is 0 Å². The molecule has 3 nitrogen and oxygen atoms in total. The smallest absolute Gasteiger partial charge is 0.159 e. The molecule has 0 aliphatic heterocycles. The van der Waals surface area contributed by atoms with Gasteiger partial charge in [0.1, 0.15) is 5.58 Å². The van der Waals surface area contributed by atoms with Crippen molar-refractivity contribution < 1.29 is 4.42 Å².